The number of amides is 1. The van der Waals surface area contributed by atoms with Gasteiger partial charge in [0.25, 0.3) is 5.91 Å². The highest BCUT2D eigenvalue weighted by atomic mass is 32.2. The molecular formula is C14H20N2O2S. The Morgan fingerprint density at radius 1 is 1.32 bits per heavy atom. The number of carbonyl (C=O) groups excluding carboxylic acids is 1. The number of rotatable bonds is 5. The van der Waals surface area contributed by atoms with E-state index >= 15 is 0 Å². The Morgan fingerprint density at radius 3 is 2.68 bits per heavy atom. The van der Waals surface area contributed by atoms with Crippen molar-refractivity contribution in [2.45, 2.75) is 12.8 Å². The minimum absolute atomic E-state index is 0.0601. The average Bonchev–Trinajstić information content (AvgIpc) is 2.45. The molecule has 1 aromatic carbocycles. The fraction of sp³-hybridized carbons (Fsp3) is 0.500. The third-order valence-electron chi connectivity index (χ3n) is 3.18. The molecule has 3 N–H and O–H groups in total. The summed E-state index contributed by atoms with van der Waals surface area (Å²) in [5, 5.41) is 2.94. The van der Waals surface area contributed by atoms with E-state index in [0.29, 0.717) is 17.4 Å². The van der Waals surface area contributed by atoms with Gasteiger partial charge in [0.15, 0.2) is 6.61 Å². The minimum atomic E-state index is -0.0601. The van der Waals surface area contributed by atoms with Crippen LogP contribution in [0.1, 0.15) is 12.8 Å². The van der Waals surface area contributed by atoms with E-state index in [1.54, 1.807) is 24.3 Å². The summed E-state index contributed by atoms with van der Waals surface area (Å²) in [6.45, 7) is 0.829. The second-order valence-electron chi connectivity index (χ2n) is 4.72. The highest BCUT2D eigenvalue weighted by Gasteiger charge is 2.14. The van der Waals surface area contributed by atoms with Gasteiger partial charge in [-0.05, 0) is 54.5 Å². The van der Waals surface area contributed by atoms with Gasteiger partial charge in [-0.15, -0.1) is 0 Å². The summed E-state index contributed by atoms with van der Waals surface area (Å²) < 4.78 is 5.39. The minimum Gasteiger partial charge on any atom is -0.484 e. The van der Waals surface area contributed by atoms with Gasteiger partial charge >= 0.3 is 0 Å². The zero-order valence-corrected chi connectivity index (χ0v) is 11.7. The first-order valence-electron chi connectivity index (χ1n) is 6.57. The van der Waals surface area contributed by atoms with Crippen molar-refractivity contribution in [2.75, 3.05) is 30.4 Å². The summed E-state index contributed by atoms with van der Waals surface area (Å²) in [5.74, 6) is 3.65. The first kappa shape index (κ1) is 14.1. The summed E-state index contributed by atoms with van der Waals surface area (Å²) in [5.41, 5.74) is 6.26. The maximum Gasteiger partial charge on any atom is 0.257 e. The van der Waals surface area contributed by atoms with Gasteiger partial charge in [0.1, 0.15) is 5.75 Å². The lowest BCUT2D eigenvalue weighted by molar-refractivity contribution is -0.123. The van der Waals surface area contributed by atoms with Crippen LogP contribution in [0.15, 0.2) is 24.3 Å². The van der Waals surface area contributed by atoms with E-state index in [0.717, 1.165) is 6.54 Å². The topological polar surface area (TPSA) is 64.3 Å². The lowest BCUT2D eigenvalue weighted by Crippen LogP contribution is -2.34. The lowest BCUT2D eigenvalue weighted by atomic mass is 10.0. The third kappa shape index (κ3) is 5.03. The van der Waals surface area contributed by atoms with E-state index < -0.39 is 0 Å². The fourth-order valence-corrected chi connectivity index (χ4v) is 3.18. The molecular weight excluding hydrogens is 260 g/mol. The van der Waals surface area contributed by atoms with Crippen LogP contribution in [0.5, 0.6) is 5.75 Å². The van der Waals surface area contributed by atoms with E-state index in [2.05, 4.69) is 5.32 Å². The van der Waals surface area contributed by atoms with Crippen LogP contribution in [0.4, 0.5) is 5.69 Å². The van der Waals surface area contributed by atoms with Crippen molar-refractivity contribution in [3.63, 3.8) is 0 Å². The highest BCUT2D eigenvalue weighted by Crippen LogP contribution is 2.21. The Hall–Kier alpha value is -1.36. The van der Waals surface area contributed by atoms with Gasteiger partial charge in [0.2, 0.25) is 0 Å². The fourth-order valence-electron chi connectivity index (χ4n) is 1.97. The predicted molar refractivity (Wildman–Crippen MR) is 79.4 cm³/mol. The smallest absolute Gasteiger partial charge is 0.257 e. The molecule has 1 aliphatic heterocycles. The molecule has 0 aromatic heterocycles. The van der Waals surface area contributed by atoms with Crippen LogP contribution < -0.4 is 15.8 Å². The van der Waals surface area contributed by atoms with Crippen LogP contribution in [-0.4, -0.2) is 30.6 Å². The summed E-state index contributed by atoms with van der Waals surface area (Å²) >= 11 is 1.99. The molecule has 0 aliphatic carbocycles. The Labute approximate surface area is 118 Å². The van der Waals surface area contributed by atoms with Crippen molar-refractivity contribution < 1.29 is 9.53 Å². The molecule has 5 heteroatoms. The number of anilines is 1. The molecule has 0 saturated carbocycles. The number of nitrogens with one attached hydrogen (secondary N) is 1. The van der Waals surface area contributed by atoms with Crippen LogP contribution in [0.3, 0.4) is 0 Å². The lowest BCUT2D eigenvalue weighted by Gasteiger charge is -2.21. The molecule has 1 amide bonds. The van der Waals surface area contributed by atoms with E-state index in [1.807, 2.05) is 11.8 Å². The van der Waals surface area contributed by atoms with Crippen LogP contribution in [0.25, 0.3) is 0 Å². The van der Waals surface area contributed by atoms with Crippen molar-refractivity contribution in [3.8, 4) is 5.75 Å². The van der Waals surface area contributed by atoms with E-state index in [4.69, 9.17) is 10.5 Å². The quantitative estimate of drug-likeness (QED) is 0.809. The van der Waals surface area contributed by atoms with Gasteiger partial charge in [0, 0.05) is 12.2 Å². The number of nitrogens with two attached hydrogens (primary N) is 1. The molecule has 2 rings (SSSR count). The van der Waals surface area contributed by atoms with Gasteiger partial charge in [-0.25, -0.2) is 0 Å². The molecule has 4 nitrogen and oxygen atoms in total. The van der Waals surface area contributed by atoms with Gasteiger partial charge < -0.3 is 15.8 Å². The summed E-state index contributed by atoms with van der Waals surface area (Å²) in [7, 11) is 0. The zero-order chi connectivity index (χ0) is 13.5. The van der Waals surface area contributed by atoms with Gasteiger partial charge in [-0.3, -0.25) is 4.79 Å². The normalized spacial score (nSPS) is 16.0. The van der Waals surface area contributed by atoms with Gasteiger partial charge in [0.05, 0.1) is 0 Å². The molecule has 1 saturated heterocycles. The van der Waals surface area contributed by atoms with Crippen LogP contribution in [0, 0.1) is 5.92 Å². The number of carbonyl (C=O) groups is 1. The predicted octanol–water partition coefficient (Wildman–Crippen LogP) is 1.91. The number of hydrogen-bond donors (Lipinski definition) is 2. The maximum absolute atomic E-state index is 11.7. The highest BCUT2D eigenvalue weighted by molar-refractivity contribution is 7.99. The standard InChI is InChI=1S/C14H20N2O2S/c15-12-1-3-13(4-2-12)18-10-14(17)16-9-11-5-7-19-8-6-11/h1-4,11H,5-10,15H2,(H,16,17). The molecule has 0 spiro atoms. The first-order chi connectivity index (χ1) is 9.24. The van der Waals surface area contributed by atoms with E-state index in [-0.39, 0.29) is 12.5 Å². The van der Waals surface area contributed by atoms with E-state index in [9.17, 15) is 4.79 Å². The molecule has 0 unspecified atom stereocenters. The van der Waals surface area contributed by atoms with Crippen molar-refractivity contribution in [2.24, 2.45) is 5.92 Å². The summed E-state index contributed by atoms with van der Waals surface area (Å²) in [6.07, 6.45) is 2.40. The molecule has 1 aliphatic rings. The van der Waals surface area contributed by atoms with Crippen molar-refractivity contribution in [1.82, 2.24) is 5.32 Å². The number of ether oxygens (including phenoxy) is 1. The average molecular weight is 280 g/mol. The van der Waals surface area contributed by atoms with Crippen molar-refractivity contribution in [1.29, 1.82) is 0 Å². The van der Waals surface area contributed by atoms with Crippen LogP contribution >= 0.6 is 11.8 Å². The monoisotopic (exact) mass is 280 g/mol. The number of benzene rings is 1. The summed E-state index contributed by atoms with van der Waals surface area (Å²) in [4.78, 5) is 11.7. The number of thioether (sulfide) groups is 1. The van der Waals surface area contributed by atoms with Crippen molar-refractivity contribution in [3.05, 3.63) is 24.3 Å². The molecule has 1 aromatic rings. The molecule has 0 bridgehead atoms. The van der Waals surface area contributed by atoms with Gasteiger partial charge in [-0.2, -0.15) is 11.8 Å². The molecule has 0 radical (unpaired) electrons. The SMILES string of the molecule is Nc1ccc(OCC(=O)NCC2CCSCC2)cc1. The molecule has 1 heterocycles. The van der Waals surface area contributed by atoms with Crippen LogP contribution in [-0.2, 0) is 4.79 Å². The Bertz CT molecular complexity index is 402. The number of nitrogen functional groups attached to an aromatic ring is 1. The number of hydrogen-bond acceptors (Lipinski definition) is 4. The second-order valence-corrected chi connectivity index (χ2v) is 5.94. The molecule has 0 atom stereocenters. The zero-order valence-electron chi connectivity index (χ0n) is 10.9. The largest absolute Gasteiger partial charge is 0.484 e. The maximum atomic E-state index is 11.7. The Kier molecular flexibility index (Phi) is 5.39. The molecule has 104 valence electrons. The first-order valence-corrected chi connectivity index (χ1v) is 7.72. The Balaban J connectivity index is 1.65. The second kappa shape index (κ2) is 7.28. The molecule has 19 heavy (non-hydrogen) atoms. The van der Waals surface area contributed by atoms with Crippen LogP contribution in [0.2, 0.25) is 0 Å². The Morgan fingerprint density at radius 2 is 2.00 bits per heavy atom. The van der Waals surface area contributed by atoms with Crippen molar-refractivity contribution >= 4 is 23.4 Å². The third-order valence-corrected chi connectivity index (χ3v) is 4.23. The molecule has 1 fully saturated rings. The summed E-state index contributed by atoms with van der Waals surface area (Å²) in [6, 6.07) is 7.04. The van der Waals surface area contributed by atoms with E-state index in [1.165, 1.54) is 24.3 Å². The van der Waals surface area contributed by atoms with Gasteiger partial charge in [-0.1, -0.05) is 0 Å².